The molecule has 4 heteroatoms. The highest BCUT2D eigenvalue weighted by atomic mass is 15.1. The van der Waals surface area contributed by atoms with E-state index in [2.05, 4.69) is 34.8 Å². The SMILES string of the molecule is CCC(C#N)(CCCn1cnc(C)c1C)NC1CC1. The lowest BCUT2D eigenvalue weighted by Gasteiger charge is -2.27. The molecule has 1 aliphatic rings. The van der Waals surface area contributed by atoms with Gasteiger partial charge in [0, 0.05) is 18.3 Å². The van der Waals surface area contributed by atoms with Crippen molar-refractivity contribution >= 4 is 0 Å². The number of hydrogen-bond donors (Lipinski definition) is 1. The molecule has 0 aromatic carbocycles. The van der Waals surface area contributed by atoms with Gasteiger partial charge in [0.2, 0.25) is 0 Å². The van der Waals surface area contributed by atoms with E-state index in [-0.39, 0.29) is 5.54 Å². The van der Waals surface area contributed by atoms with E-state index in [9.17, 15) is 5.26 Å². The first kappa shape index (κ1) is 14.1. The topological polar surface area (TPSA) is 53.6 Å². The zero-order chi connectivity index (χ0) is 13.9. The quantitative estimate of drug-likeness (QED) is 0.820. The van der Waals surface area contributed by atoms with E-state index in [1.54, 1.807) is 0 Å². The molecule has 1 aromatic rings. The van der Waals surface area contributed by atoms with Crippen molar-refractivity contribution in [1.29, 1.82) is 5.26 Å². The molecule has 0 radical (unpaired) electrons. The molecule has 19 heavy (non-hydrogen) atoms. The van der Waals surface area contributed by atoms with Crippen molar-refractivity contribution in [1.82, 2.24) is 14.9 Å². The fourth-order valence-electron chi connectivity index (χ4n) is 2.46. The predicted molar refractivity (Wildman–Crippen MR) is 75.7 cm³/mol. The van der Waals surface area contributed by atoms with Gasteiger partial charge in [-0.05, 0) is 46.0 Å². The summed E-state index contributed by atoms with van der Waals surface area (Å²) in [5.41, 5.74) is 2.00. The van der Waals surface area contributed by atoms with Gasteiger partial charge in [0.25, 0.3) is 0 Å². The number of hydrogen-bond acceptors (Lipinski definition) is 3. The zero-order valence-electron chi connectivity index (χ0n) is 12.2. The molecule has 4 nitrogen and oxygen atoms in total. The molecular formula is C15H24N4. The molecule has 1 fully saturated rings. The standard InChI is InChI=1S/C15H24N4/c1-4-15(10-16,18-14-6-7-14)8-5-9-19-11-17-12(2)13(19)3/h11,14,18H,4-9H2,1-3H3. The monoisotopic (exact) mass is 260 g/mol. The van der Waals surface area contributed by atoms with Crippen LogP contribution in [0, 0.1) is 25.2 Å². The van der Waals surface area contributed by atoms with Gasteiger partial charge in [0.15, 0.2) is 0 Å². The van der Waals surface area contributed by atoms with Gasteiger partial charge in [-0.1, -0.05) is 6.92 Å². The molecule has 0 aliphatic heterocycles. The lowest BCUT2D eigenvalue weighted by atomic mass is 9.91. The van der Waals surface area contributed by atoms with Crippen molar-refractivity contribution in [3.05, 3.63) is 17.7 Å². The molecule has 1 unspecified atom stereocenters. The van der Waals surface area contributed by atoms with Crippen LogP contribution in [0.15, 0.2) is 6.33 Å². The molecule has 1 saturated carbocycles. The lowest BCUT2D eigenvalue weighted by molar-refractivity contribution is 0.351. The average molecular weight is 260 g/mol. The third kappa shape index (κ3) is 3.36. The number of rotatable bonds is 7. The number of nitriles is 1. The van der Waals surface area contributed by atoms with Gasteiger partial charge in [-0.3, -0.25) is 5.32 Å². The Hall–Kier alpha value is -1.34. The summed E-state index contributed by atoms with van der Waals surface area (Å²) < 4.78 is 2.18. The largest absolute Gasteiger partial charge is 0.335 e. The van der Waals surface area contributed by atoms with Crippen LogP contribution in [0.2, 0.25) is 0 Å². The maximum absolute atomic E-state index is 9.48. The molecule has 104 valence electrons. The second-order valence-electron chi connectivity index (χ2n) is 5.68. The lowest BCUT2D eigenvalue weighted by Crippen LogP contribution is -2.44. The third-order valence-electron chi connectivity index (χ3n) is 4.22. The van der Waals surface area contributed by atoms with Crippen LogP contribution in [-0.2, 0) is 6.54 Å². The fraction of sp³-hybridized carbons (Fsp3) is 0.733. The number of nitrogens with zero attached hydrogens (tertiary/aromatic N) is 3. The highest BCUT2D eigenvalue weighted by Crippen LogP contribution is 2.26. The molecule has 1 aliphatic carbocycles. The average Bonchev–Trinajstić information content (AvgIpc) is 3.18. The van der Waals surface area contributed by atoms with Crippen LogP contribution < -0.4 is 5.32 Å². The van der Waals surface area contributed by atoms with Crippen LogP contribution in [0.3, 0.4) is 0 Å². The summed E-state index contributed by atoms with van der Waals surface area (Å²) in [7, 11) is 0. The van der Waals surface area contributed by atoms with Crippen molar-refractivity contribution in [2.45, 2.75) is 71.0 Å². The molecule has 1 N–H and O–H groups in total. The zero-order valence-corrected chi connectivity index (χ0v) is 12.2. The summed E-state index contributed by atoms with van der Waals surface area (Å²) in [6, 6.07) is 3.09. The number of aryl methyl sites for hydroxylation is 2. The van der Waals surface area contributed by atoms with E-state index in [1.807, 2.05) is 13.3 Å². The minimum atomic E-state index is -0.329. The van der Waals surface area contributed by atoms with Crippen molar-refractivity contribution in [2.24, 2.45) is 0 Å². The van der Waals surface area contributed by atoms with Crippen LogP contribution in [0.25, 0.3) is 0 Å². The maximum atomic E-state index is 9.48. The highest BCUT2D eigenvalue weighted by Gasteiger charge is 2.34. The second-order valence-corrected chi connectivity index (χ2v) is 5.68. The first-order valence-corrected chi connectivity index (χ1v) is 7.27. The van der Waals surface area contributed by atoms with E-state index in [1.165, 1.54) is 18.5 Å². The molecule has 1 atom stereocenters. The van der Waals surface area contributed by atoms with E-state index < -0.39 is 0 Å². The van der Waals surface area contributed by atoms with Crippen molar-refractivity contribution < 1.29 is 0 Å². The van der Waals surface area contributed by atoms with Gasteiger partial charge in [-0.2, -0.15) is 5.26 Å². The van der Waals surface area contributed by atoms with Gasteiger partial charge in [-0.15, -0.1) is 0 Å². The second kappa shape index (κ2) is 5.75. The molecule has 0 spiro atoms. The Balaban J connectivity index is 1.88. The fourth-order valence-corrected chi connectivity index (χ4v) is 2.46. The summed E-state index contributed by atoms with van der Waals surface area (Å²) in [4.78, 5) is 4.31. The molecule has 1 heterocycles. The Bertz CT molecular complexity index is 467. The summed E-state index contributed by atoms with van der Waals surface area (Å²) in [5, 5.41) is 13.0. The van der Waals surface area contributed by atoms with Gasteiger partial charge in [-0.25, -0.2) is 4.98 Å². The van der Waals surface area contributed by atoms with Gasteiger partial charge < -0.3 is 4.57 Å². The first-order chi connectivity index (χ1) is 9.10. The van der Waals surface area contributed by atoms with E-state index in [4.69, 9.17) is 0 Å². The van der Waals surface area contributed by atoms with Gasteiger partial charge in [0.1, 0.15) is 5.54 Å². The van der Waals surface area contributed by atoms with Crippen LogP contribution in [0.5, 0.6) is 0 Å². The van der Waals surface area contributed by atoms with E-state index in [0.29, 0.717) is 6.04 Å². The maximum Gasteiger partial charge on any atom is 0.106 e. The van der Waals surface area contributed by atoms with Crippen LogP contribution in [0.1, 0.15) is 50.4 Å². The smallest absolute Gasteiger partial charge is 0.106 e. The highest BCUT2D eigenvalue weighted by molar-refractivity contribution is 5.10. The van der Waals surface area contributed by atoms with Crippen molar-refractivity contribution in [2.75, 3.05) is 0 Å². The molecule has 1 aromatic heterocycles. The van der Waals surface area contributed by atoms with Crippen LogP contribution >= 0.6 is 0 Å². The summed E-state index contributed by atoms with van der Waals surface area (Å²) in [6.07, 6.45) is 7.15. The summed E-state index contributed by atoms with van der Waals surface area (Å²) >= 11 is 0. The summed E-state index contributed by atoms with van der Waals surface area (Å²) in [6.45, 7) is 7.18. The molecule has 2 rings (SSSR count). The van der Waals surface area contributed by atoms with E-state index >= 15 is 0 Å². The van der Waals surface area contributed by atoms with Crippen molar-refractivity contribution in [3.8, 4) is 6.07 Å². The Kier molecular flexibility index (Phi) is 4.26. The number of imidazole rings is 1. The first-order valence-electron chi connectivity index (χ1n) is 7.27. The van der Waals surface area contributed by atoms with Gasteiger partial charge in [0.05, 0.1) is 18.1 Å². The minimum Gasteiger partial charge on any atom is -0.335 e. The van der Waals surface area contributed by atoms with Crippen molar-refractivity contribution in [3.63, 3.8) is 0 Å². The molecule has 0 saturated heterocycles. The Morgan fingerprint density at radius 1 is 1.53 bits per heavy atom. The minimum absolute atomic E-state index is 0.329. The molecular weight excluding hydrogens is 236 g/mol. The third-order valence-corrected chi connectivity index (χ3v) is 4.22. The molecule has 0 amide bonds. The summed E-state index contributed by atoms with van der Waals surface area (Å²) in [5.74, 6) is 0. The van der Waals surface area contributed by atoms with Crippen LogP contribution in [0.4, 0.5) is 0 Å². The number of aromatic nitrogens is 2. The van der Waals surface area contributed by atoms with Gasteiger partial charge >= 0.3 is 0 Å². The van der Waals surface area contributed by atoms with E-state index in [0.717, 1.165) is 31.5 Å². The van der Waals surface area contributed by atoms with Crippen LogP contribution in [-0.4, -0.2) is 21.1 Å². The normalized spacial score (nSPS) is 18.0. The number of nitrogens with one attached hydrogen (secondary N) is 1. The predicted octanol–water partition coefficient (Wildman–Crippen LogP) is 2.70. The Morgan fingerprint density at radius 3 is 2.74 bits per heavy atom. The molecule has 0 bridgehead atoms. The Morgan fingerprint density at radius 2 is 2.26 bits per heavy atom. The Labute approximate surface area is 115 Å².